The fraction of sp³-hybridized carbons (Fsp3) is 0.154. The molecule has 1 spiro atoms. The van der Waals surface area contributed by atoms with Crippen LogP contribution in [0.2, 0.25) is 0 Å². The fourth-order valence-electron chi connectivity index (χ4n) is 5.45. The Hall–Kier alpha value is -3.77. The van der Waals surface area contributed by atoms with E-state index in [1.54, 1.807) is 24.3 Å². The second-order valence-corrected chi connectivity index (χ2v) is 10.1. The third-order valence-corrected chi connectivity index (χ3v) is 7.76. The van der Waals surface area contributed by atoms with Crippen LogP contribution in [0.15, 0.2) is 72.8 Å². The van der Waals surface area contributed by atoms with Crippen molar-refractivity contribution in [1.82, 2.24) is 0 Å². The Kier molecular flexibility index (Phi) is 4.96. The highest BCUT2D eigenvalue weighted by molar-refractivity contribution is 14.1. The lowest BCUT2D eigenvalue weighted by Gasteiger charge is -2.27. The number of carbonyl (C=O) groups excluding carboxylic acids is 4. The number of amides is 2. The van der Waals surface area contributed by atoms with Crippen LogP contribution in [0.4, 0.5) is 11.4 Å². The minimum absolute atomic E-state index is 0.122. The van der Waals surface area contributed by atoms with Gasteiger partial charge in [-0.1, -0.05) is 36.4 Å². The number of anilines is 1. The Bertz CT molecular complexity index is 1460. The van der Waals surface area contributed by atoms with Gasteiger partial charge in [-0.3, -0.25) is 29.3 Å². The van der Waals surface area contributed by atoms with Gasteiger partial charge in [-0.05, 0) is 52.4 Å². The molecule has 6 rings (SSSR count). The number of hydrogen-bond acceptors (Lipinski definition) is 7. The van der Waals surface area contributed by atoms with Crippen LogP contribution in [0, 0.1) is 25.5 Å². The molecule has 9 nitrogen and oxygen atoms in total. The van der Waals surface area contributed by atoms with Crippen LogP contribution in [-0.4, -0.2) is 33.9 Å². The first-order valence-corrected chi connectivity index (χ1v) is 12.1. The van der Waals surface area contributed by atoms with E-state index in [0.717, 1.165) is 8.47 Å². The normalized spacial score (nSPS) is 23.9. The van der Waals surface area contributed by atoms with E-state index in [0.29, 0.717) is 5.56 Å². The summed E-state index contributed by atoms with van der Waals surface area (Å²) in [5.74, 6) is -5.17. The van der Waals surface area contributed by atoms with E-state index in [1.165, 1.54) is 36.4 Å². The molecule has 10 heteroatoms. The molecular formula is C26H15IN2O7. The van der Waals surface area contributed by atoms with Gasteiger partial charge in [-0.25, -0.2) is 4.90 Å². The number of benzene rings is 3. The van der Waals surface area contributed by atoms with Gasteiger partial charge in [0.05, 0.1) is 28.6 Å². The van der Waals surface area contributed by atoms with E-state index >= 15 is 0 Å². The maximum Gasteiger partial charge on any atom is 0.269 e. The summed E-state index contributed by atoms with van der Waals surface area (Å²) in [6.45, 7) is 0. The molecule has 178 valence electrons. The Balaban J connectivity index is 1.51. The van der Waals surface area contributed by atoms with Crippen molar-refractivity contribution >= 4 is 57.3 Å². The van der Waals surface area contributed by atoms with Crippen LogP contribution in [-0.2, 0) is 14.3 Å². The van der Waals surface area contributed by atoms with Gasteiger partial charge in [-0.15, -0.1) is 0 Å². The highest BCUT2D eigenvalue weighted by Gasteiger charge is 2.74. The van der Waals surface area contributed by atoms with Gasteiger partial charge in [0.1, 0.15) is 0 Å². The molecule has 3 unspecified atom stereocenters. The molecule has 0 bridgehead atoms. The summed E-state index contributed by atoms with van der Waals surface area (Å²) < 4.78 is 7.16. The monoisotopic (exact) mass is 594 g/mol. The Morgan fingerprint density at radius 2 is 1.42 bits per heavy atom. The van der Waals surface area contributed by atoms with Gasteiger partial charge < -0.3 is 4.74 Å². The molecule has 2 aliphatic heterocycles. The Morgan fingerprint density at radius 1 is 0.833 bits per heavy atom. The zero-order chi connectivity index (χ0) is 25.4. The summed E-state index contributed by atoms with van der Waals surface area (Å²) in [7, 11) is 0. The number of halogens is 1. The SMILES string of the molecule is O=C1C2C(c3ccc(I)cc3)OC3(C(=O)c4ccccc4C3=O)C2C(=O)N1c1ccc([N+](=O)[O-])cc1. The van der Waals surface area contributed by atoms with E-state index in [-0.39, 0.29) is 22.5 Å². The van der Waals surface area contributed by atoms with Crippen LogP contribution in [0.3, 0.4) is 0 Å². The molecule has 2 heterocycles. The number of Topliss-reactive ketones (excluding diaryl/α,β-unsaturated/α-hetero) is 2. The largest absolute Gasteiger partial charge is 0.349 e. The zero-order valence-electron chi connectivity index (χ0n) is 18.3. The first-order chi connectivity index (χ1) is 17.3. The van der Waals surface area contributed by atoms with Crippen molar-refractivity contribution < 1.29 is 28.8 Å². The molecule has 2 amide bonds. The minimum Gasteiger partial charge on any atom is -0.349 e. The molecule has 36 heavy (non-hydrogen) atoms. The van der Waals surface area contributed by atoms with Crippen LogP contribution < -0.4 is 4.90 Å². The second-order valence-electron chi connectivity index (χ2n) is 8.82. The number of carbonyl (C=O) groups is 4. The average Bonchev–Trinajstić information content (AvgIpc) is 3.44. The number of hydrogen-bond donors (Lipinski definition) is 0. The van der Waals surface area contributed by atoms with E-state index in [2.05, 4.69) is 22.6 Å². The lowest BCUT2D eigenvalue weighted by molar-refractivity contribution is -0.384. The molecule has 3 aromatic carbocycles. The van der Waals surface area contributed by atoms with Crippen molar-refractivity contribution in [1.29, 1.82) is 0 Å². The standard InChI is InChI=1S/C26H15IN2O7/c27-14-7-5-13(6-8-14)21-19-20(26(36-21)22(30)17-3-1-2-4-18(17)23(26)31)25(33)28(24(19)32)15-9-11-16(12-10-15)29(34)35/h1-12,19-21H. The maximum absolute atomic E-state index is 13.8. The highest BCUT2D eigenvalue weighted by Crippen LogP contribution is 2.57. The number of ketones is 2. The minimum atomic E-state index is -2.16. The van der Waals surface area contributed by atoms with Gasteiger partial charge in [0.15, 0.2) is 0 Å². The number of rotatable bonds is 3. The van der Waals surface area contributed by atoms with Crippen molar-refractivity contribution in [2.45, 2.75) is 11.7 Å². The predicted octanol–water partition coefficient (Wildman–Crippen LogP) is 3.89. The highest BCUT2D eigenvalue weighted by atomic mass is 127. The van der Waals surface area contributed by atoms with Gasteiger partial charge in [0, 0.05) is 26.8 Å². The molecule has 0 saturated carbocycles. The molecule has 2 saturated heterocycles. The second kappa shape index (κ2) is 7.87. The molecule has 0 N–H and O–H groups in total. The summed E-state index contributed by atoms with van der Waals surface area (Å²) in [4.78, 5) is 66.4. The van der Waals surface area contributed by atoms with Crippen LogP contribution in [0.1, 0.15) is 32.4 Å². The summed E-state index contributed by atoms with van der Waals surface area (Å²) in [6, 6.07) is 18.3. The van der Waals surface area contributed by atoms with E-state index in [4.69, 9.17) is 4.74 Å². The average molecular weight is 594 g/mol. The number of imide groups is 1. The molecule has 3 aliphatic rings. The number of nitro groups is 1. The maximum atomic E-state index is 13.8. The topological polar surface area (TPSA) is 124 Å². The number of nitrogens with zero attached hydrogens (tertiary/aromatic N) is 2. The zero-order valence-corrected chi connectivity index (χ0v) is 20.4. The number of fused-ring (bicyclic) bond motifs is 3. The molecular weight excluding hydrogens is 579 g/mol. The van der Waals surface area contributed by atoms with E-state index in [9.17, 15) is 29.3 Å². The summed E-state index contributed by atoms with van der Waals surface area (Å²) >= 11 is 2.13. The number of nitro benzene ring substituents is 1. The number of non-ortho nitro benzene ring substituents is 1. The molecule has 3 atom stereocenters. The third kappa shape index (κ3) is 2.91. The van der Waals surface area contributed by atoms with Crippen molar-refractivity contribution in [2.75, 3.05) is 4.90 Å². The predicted molar refractivity (Wildman–Crippen MR) is 133 cm³/mol. The third-order valence-electron chi connectivity index (χ3n) is 7.04. The smallest absolute Gasteiger partial charge is 0.269 e. The molecule has 0 radical (unpaired) electrons. The van der Waals surface area contributed by atoms with Crippen LogP contribution >= 0.6 is 22.6 Å². The van der Waals surface area contributed by atoms with Crippen LogP contribution in [0.5, 0.6) is 0 Å². The van der Waals surface area contributed by atoms with Gasteiger partial charge in [0.2, 0.25) is 29.0 Å². The van der Waals surface area contributed by atoms with E-state index < -0.39 is 51.8 Å². The summed E-state index contributed by atoms with van der Waals surface area (Å²) in [5.41, 5.74) is -1.38. The van der Waals surface area contributed by atoms with Crippen molar-refractivity contribution in [3.05, 3.63) is 103 Å². The molecule has 0 aromatic heterocycles. The molecule has 1 aliphatic carbocycles. The van der Waals surface area contributed by atoms with Gasteiger partial charge in [0.25, 0.3) is 5.69 Å². The van der Waals surface area contributed by atoms with Gasteiger partial charge >= 0.3 is 0 Å². The summed E-state index contributed by atoms with van der Waals surface area (Å²) in [6.07, 6.45) is -1.02. The van der Waals surface area contributed by atoms with Crippen molar-refractivity contribution in [3.8, 4) is 0 Å². The Labute approximate surface area is 217 Å². The van der Waals surface area contributed by atoms with E-state index in [1.807, 2.05) is 12.1 Å². The first-order valence-electron chi connectivity index (χ1n) is 11.0. The quantitative estimate of drug-likeness (QED) is 0.148. The fourth-order valence-corrected chi connectivity index (χ4v) is 5.81. The van der Waals surface area contributed by atoms with Crippen molar-refractivity contribution in [2.24, 2.45) is 11.8 Å². The molecule has 3 aromatic rings. The van der Waals surface area contributed by atoms with Gasteiger partial charge in [-0.2, -0.15) is 0 Å². The van der Waals surface area contributed by atoms with Crippen LogP contribution in [0.25, 0.3) is 0 Å². The molecule has 2 fully saturated rings. The lowest BCUT2D eigenvalue weighted by atomic mass is 9.77. The first kappa shape index (κ1) is 22.7. The Morgan fingerprint density at radius 3 is 1.97 bits per heavy atom. The summed E-state index contributed by atoms with van der Waals surface area (Å²) in [5, 5.41) is 11.1. The van der Waals surface area contributed by atoms with Crippen molar-refractivity contribution in [3.63, 3.8) is 0 Å². The lowest BCUT2D eigenvalue weighted by Crippen LogP contribution is -2.51. The number of ether oxygens (including phenoxy) is 1.